The molecule has 2 fully saturated rings. The van der Waals surface area contributed by atoms with Crippen LogP contribution in [0.3, 0.4) is 0 Å². The number of carbonyl (C=O) groups excluding carboxylic acids is 3. The van der Waals surface area contributed by atoms with Crippen LogP contribution in [0, 0.1) is 5.92 Å². The minimum atomic E-state index is -0.784. The molecule has 3 amide bonds. The van der Waals surface area contributed by atoms with E-state index in [1.807, 2.05) is 43.3 Å². The second-order valence-electron chi connectivity index (χ2n) is 9.13. The number of nitrogens with one attached hydrogen (secondary N) is 4. The number of thiazole rings is 1. The number of carbonyl (C=O) groups is 3. The first-order chi connectivity index (χ1) is 17.3. The highest BCUT2D eigenvalue weighted by molar-refractivity contribution is 7.80. The lowest BCUT2D eigenvalue weighted by atomic mass is 9.98. The van der Waals surface area contributed by atoms with Crippen molar-refractivity contribution in [3.05, 3.63) is 40.3 Å². The van der Waals surface area contributed by atoms with Crippen molar-refractivity contribution in [2.75, 3.05) is 43.9 Å². The fraction of sp³-hybridized carbons (Fsp3) is 0.458. The number of anilines is 2. The molecule has 1 aromatic carbocycles. The van der Waals surface area contributed by atoms with Gasteiger partial charge in [0, 0.05) is 56.4 Å². The van der Waals surface area contributed by atoms with E-state index in [0.717, 1.165) is 48.7 Å². The van der Waals surface area contributed by atoms with E-state index in [2.05, 4.69) is 31.4 Å². The number of rotatable bonds is 5. The van der Waals surface area contributed by atoms with Crippen LogP contribution in [0.25, 0.3) is 0 Å². The van der Waals surface area contributed by atoms with Gasteiger partial charge in [0.05, 0.1) is 5.01 Å². The minimum Gasteiger partial charge on any atom is -0.378 e. The summed E-state index contributed by atoms with van der Waals surface area (Å²) >= 11 is 7.06. The van der Waals surface area contributed by atoms with Crippen molar-refractivity contribution >= 4 is 57.8 Å². The van der Waals surface area contributed by atoms with Crippen molar-refractivity contribution in [2.45, 2.75) is 31.6 Å². The van der Waals surface area contributed by atoms with Crippen molar-refractivity contribution < 1.29 is 14.4 Å². The molecule has 192 valence electrons. The van der Waals surface area contributed by atoms with E-state index < -0.39 is 17.7 Å². The van der Waals surface area contributed by atoms with Gasteiger partial charge in [-0.3, -0.25) is 25.2 Å². The standard InChI is InChI=1S/C24H31N7O3S2/c1-30(2)17-7-5-16(6-8-17)26-24(35)31-12-9-15(10-13-31)23-27-19(14-36-23)22(34)29-28-21(33)18-4-3-11-25-20(18)32/h5-8,14-15,18H,3-4,9-13H2,1-2H3,(H,25,32)(H,26,35)(H,28,33)(H,29,34). The average Bonchev–Trinajstić information content (AvgIpc) is 3.38. The third-order valence-corrected chi connectivity index (χ3v) is 7.79. The van der Waals surface area contributed by atoms with Gasteiger partial charge in [0.2, 0.25) is 5.91 Å². The summed E-state index contributed by atoms with van der Waals surface area (Å²) in [7, 11) is 4.01. The lowest BCUT2D eigenvalue weighted by Gasteiger charge is -2.33. The SMILES string of the molecule is CN(C)c1ccc(NC(=S)N2CCC(c3nc(C(=O)NNC(=O)C4CCCNC4=O)cs3)CC2)cc1. The Morgan fingerprint density at radius 2 is 1.86 bits per heavy atom. The molecule has 1 aromatic heterocycles. The summed E-state index contributed by atoms with van der Waals surface area (Å²) in [6.45, 7) is 2.17. The molecule has 0 aliphatic carbocycles. The third kappa shape index (κ3) is 6.30. The summed E-state index contributed by atoms with van der Waals surface area (Å²) in [4.78, 5) is 45.2. The lowest BCUT2D eigenvalue weighted by molar-refractivity contribution is -0.137. The maximum atomic E-state index is 12.5. The second kappa shape index (κ2) is 11.7. The molecule has 1 atom stereocenters. The first-order valence-corrected chi connectivity index (χ1v) is 13.3. The average molecular weight is 530 g/mol. The molecule has 0 radical (unpaired) electrons. The number of amides is 3. The van der Waals surface area contributed by atoms with E-state index in [1.165, 1.54) is 11.3 Å². The van der Waals surface area contributed by atoms with E-state index in [-0.39, 0.29) is 17.5 Å². The van der Waals surface area contributed by atoms with Crippen LogP contribution in [0.4, 0.5) is 11.4 Å². The van der Waals surface area contributed by atoms with Gasteiger partial charge in [0.15, 0.2) is 5.11 Å². The van der Waals surface area contributed by atoms with Crippen LogP contribution in [-0.4, -0.2) is 66.4 Å². The summed E-state index contributed by atoms with van der Waals surface area (Å²) in [5.41, 5.74) is 7.07. The van der Waals surface area contributed by atoms with E-state index in [9.17, 15) is 14.4 Å². The largest absolute Gasteiger partial charge is 0.378 e. The third-order valence-electron chi connectivity index (χ3n) is 6.42. The number of benzene rings is 1. The quantitative estimate of drug-likeness (QED) is 0.264. The summed E-state index contributed by atoms with van der Waals surface area (Å²) < 4.78 is 0. The first-order valence-electron chi connectivity index (χ1n) is 12.0. The molecule has 2 aliphatic rings. The van der Waals surface area contributed by atoms with Gasteiger partial charge in [-0.25, -0.2) is 4.98 Å². The molecule has 12 heteroatoms. The fourth-order valence-electron chi connectivity index (χ4n) is 4.25. The minimum absolute atomic E-state index is 0.246. The van der Waals surface area contributed by atoms with Crippen molar-refractivity contribution in [2.24, 2.45) is 5.92 Å². The number of aromatic nitrogens is 1. The monoisotopic (exact) mass is 529 g/mol. The highest BCUT2D eigenvalue weighted by Gasteiger charge is 2.30. The maximum absolute atomic E-state index is 12.5. The summed E-state index contributed by atoms with van der Waals surface area (Å²) in [6.07, 6.45) is 2.96. The van der Waals surface area contributed by atoms with Gasteiger partial charge in [-0.2, -0.15) is 0 Å². The molecule has 10 nitrogen and oxygen atoms in total. The van der Waals surface area contributed by atoms with Crippen LogP contribution in [-0.2, 0) is 9.59 Å². The van der Waals surface area contributed by atoms with Crippen LogP contribution >= 0.6 is 23.6 Å². The predicted octanol–water partition coefficient (Wildman–Crippen LogP) is 2.07. The van der Waals surface area contributed by atoms with Crippen LogP contribution in [0.2, 0.25) is 0 Å². The molecular weight excluding hydrogens is 498 g/mol. The van der Waals surface area contributed by atoms with Gasteiger partial charge >= 0.3 is 0 Å². The van der Waals surface area contributed by atoms with Crippen LogP contribution in [0.5, 0.6) is 0 Å². The molecule has 2 aliphatic heterocycles. The Labute approximate surface area is 219 Å². The number of hydrazine groups is 1. The van der Waals surface area contributed by atoms with E-state index >= 15 is 0 Å². The van der Waals surface area contributed by atoms with Crippen molar-refractivity contribution in [3.63, 3.8) is 0 Å². The van der Waals surface area contributed by atoms with Crippen molar-refractivity contribution in [1.82, 2.24) is 26.1 Å². The molecule has 1 unspecified atom stereocenters. The normalized spacial score (nSPS) is 18.2. The van der Waals surface area contributed by atoms with E-state index in [1.54, 1.807) is 5.38 Å². The molecule has 4 N–H and O–H groups in total. The lowest BCUT2D eigenvalue weighted by Crippen LogP contribution is -2.50. The Balaban J connectivity index is 1.23. The highest BCUT2D eigenvalue weighted by Crippen LogP contribution is 2.30. The van der Waals surface area contributed by atoms with Crippen LogP contribution in [0.15, 0.2) is 29.6 Å². The maximum Gasteiger partial charge on any atom is 0.289 e. The number of piperidine rings is 2. The van der Waals surface area contributed by atoms with E-state index in [4.69, 9.17) is 12.2 Å². The van der Waals surface area contributed by atoms with Gasteiger partial charge in [-0.15, -0.1) is 11.3 Å². The molecule has 0 saturated carbocycles. The molecule has 2 saturated heterocycles. The predicted molar refractivity (Wildman–Crippen MR) is 144 cm³/mol. The summed E-state index contributed by atoms with van der Waals surface area (Å²) in [5.74, 6) is -1.86. The summed E-state index contributed by atoms with van der Waals surface area (Å²) in [5, 5.41) is 9.27. The molecule has 0 bridgehead atoms. The number of nitrogens with zero attached hydrogens (tertiary/aromatic N) is 3. The van der Waals surface area contributed by atoms with Crippen molar-refractivity contribution in [3.8, 4) is 0 Å². The molecule has 0 spiro atoms. The molecule has 36 heavy (non-hydrogen) atoms. The molecule has 2 aromatic rings. The zero-order valence-electron chi connectivity index (χ0n) is 20.4. The summed E-state index contributed by atoms with van der Waals surface area (Å²) in [6, 6.07) is 8.13. The van der Waals surface area contributed by atoms with Gasteiger partial charge in [-0.05, 0) is 62.2 Å². The second-order valence-corrected chi connectivity index (χ2v) is 10.4. The Kier molecular flexibility index (Phi) is 8.36. The number of hydrogen-bond donors (Lipinski definition) is 4. The van der Waals surface area contributed by atoms with Crippen LogP contribution < -0.4 is 26.4 Å². The molecule has 3 heterocycles. The zero-order chi connectivity index (χ0) is 25.7. The Morgan fingerprint density at radius 1 is 1.14 bits per heavy atom. The highest BCUT2D eigenvalue weighted by atomic mass is 32.1. The molecule has 4 rings (SSSR count). The number of hydrogen-bond acceptors (Lipinski definition) is 7. The smallest absolute Gasteiger partial charge is 0.289 e. The van der Waals surface area contributed by atoms with Gasteiger partial charge < -0.3 is 20.4 Å². The fourth-order valence-corrected chi connectivity index (χ4v) is 5.52. The Bertz CT molecular complexity index is 1110. The number of thiocarbonyl (C=S) groups is 1. The topological polar surface area (TPSA) is 119 Å². The Morgan fingerprint density at radius 3 is 2.53 bits per heavy atom. The van der Waals surface area contributed by atoms with Gasteiger partial charge in [0.25, 0.3) is 11.8 Å². The first kappa shape index (κ1) is 25.8. The number of likely N-dealkylation sites (tertiary alicyclic amines) is 1. The zero-order valence-corrected chi connectivity index (χ0v) is 22.0. The van der Waals surface area contributed by atoms with Crippen molar-refractivity contribution in [1.29, 1.82) is 0 Å². The van der Waals surface area contributed by atoms with Gasteiger partial charge in [-0.1, -0.05) is 0 Å². The Hall–Kier alpha value is -3.25. The molecular formula is C24H31N7O3S2. The van der Waals surface area contributed by atoms with Crippen LogP contribution in [0.1, 0.15) is 47.1 Å². The van der Waals surface area contributed by atoms with Gasteiger partial charge in [0.1, 0.15) is 11.6 Å². The van der Waals surface area contributed by atoms with E-state index in [0.29, 0.717) is 18.1 Å².